The number of hydrogen-bond donors (Lipinski definition) is 1. The molecule has 0 spiro atoms. The molecule has 4 aromatic rings. The van der Waals surface area contributed by atoms with Gasteiger partial charge in [0.25, 0.3) is 5.91 Å². The van der Waals surface area contributed by atoms with Crippen molar-refractivity contribution in [2.24, 2.45) is 0 Å². The molecule has 0 saturated heterocycles. The minimum absolute atomic E-state index is 0.0103. The van der Waals surface area contributed by atoms with E-state index in [0.717, 1.165) is 5.56 Å². The summed E-state index contributed by atoms with van der Waals surface area (Å²) in [5.41, 5.74) is 1.10. The normalized spacial score (nSPS) is 10.8. The second kappa shape index (κ2) is 9.38. The Morgan fingerprint density at radius 2 is 1.90 bits per heavy atom. The van der Waals surface area contributed by atoms with Crippen molar-refractivity contribution >= 4 is 46.7 Å². The van der Waals surface area contributed by atoms with E-state index >= 15 is 0 Å². The van der Waals surface area contributed by atoms with Crippen LogP contribution in [0.5, 0.6) is 5.75 Å². The monoisotopic (exact) mass is 476 g/mol. The highest BCUT2D eigenvalue weighted by Crippen LogP contribution is 2.24. The molecule has 1 amide bonds. The second-order valence-corrected chi connectivity index (χ2v) is 7.63. The summed E-state index contributed by atoms with van der Waals surface area (Å²) < 4.78 is 8.61. The predicted octanol–water partition coefficient (Wildman–Crippen LogP) is 4.77. The number of rotatable bonds is 7. The fourth-order valence-corrected chi connectivity index (χ4v) is 3.40. The quantitative estimate of drug-likeness (QED) is 0.414. The van der Waals surface area contributed by atoms with Gasteiger partial charge in [-0.1, -0.05) is 53.0 Å². The number of anilines is 1. The Morgan fingerprint density at radius 3 is 2.71 bits per heavy atom. The summed E-state index contributed by atoms with van der Waals surface area (Å²) in [5, 5.41) is 12.6. The second-order valence-electron chi connectivity index (χ2n) is 6.38. The molecule has 11 heteroatoms. The number of amides is 1. The first-order valence-corrected chi connectivity index (χ1v) is 10.2. The van der Waals surface area contributed by atoms with Crippen LogP contribution in [0.1, 0.15) is 16.1 Å². The molecule has 0 aliphatic carbocycles. The first-order valence-electron chi connectivity index (χ1n) is 9.03. The summed E-state index contributed by atoms with van der Waals surface area (Å²) >= 11 is 18.2. The molecule has 0 saturated carbocycles. The molecule has 0 bridgehead atoms. The maximum Gasteiger partial charge on any atom is 0.276 e. The van der Waals surface area contributed by atoms with Crippen LogP contribution in [-0.2, 0) is 13.3 Å². The van der Waals surface area contributed by atoms with Crippen LogP contribution in [-0.4, -0.2) is 30.5 Å². The highest BCUT2D eigenvalue weighted by molar-refractivity contribution is 6.35. The van der Waals surface area contributed by atoms with Crippen LogP contribution in [0, 0.1) is 0 Å². The SMILES string of the molecule is O=C(Nc1ncn(Cc2ccc(Cl)cc2Cl)n1)c1ccnn1COc1ccccc1Cl. The smallest absolute Gasteiger partial charge is 0.276 e. The lowest BCUT2D eigenvalue weighted by Gasteiger charge is -2.10. The van der Waals surface area contributed by atoms with E-state index in [0.29, 0.717) is 27.4 Å². The van der Waals surface area contributed by atoms with Crippen LogP contribution >= 0.6 is 34.8 Å². The van der Waals surface area contributed by atoms with E-state index in [9.17, 15) is 4.79 Å². The average Bonchev–Trinajstić information content (AvgIpc) is 3.39. The third-order valence-corrected chi connectivity index (χ3v) is 5.14. The van der Waals surface area contributed by atoms with Crippen molar-refractivity contribution in [2.75, 3.05) is 5.32 Å². The Balaban J connectivity index is 1.40. The summed E-state index contributed by atoms with van der Waals surface area (Å²) in [5.74, 6) is 0.213. The summed E-state index contributed by atoms with van der Waals surface area (Å²) in [6.45, 7) is 0.388. The summed E-state index contributed by atoms with van der Waals surface area (Å²) in [7, 11) is 0. The third-order valence-electron chi connectivity index (χ3n) is 4.24. The number of halogens is 3. The molecular weight excluding hydrogens is 463 g/mol. The standard InChI is InChI=1S/C20H15Cl3N6O2/c21-14-6-5-13(16(23)9-14)10-28-11-24-20(27-28)26-19(30)17-7-8-25-29(17)12-31-18-4-2-1-3-15(18)22/h1-9,11H,10,12H2,(H,26,27,30). The van der Waals surface area contributed by atoms with Gasteiger partial charge in [-0.3, -0.25) is 10.1 Å². The van der Waals surface area contributed by atoms with Crippen molar-refractivity contribution in [1.82, 2.24) is 24.5 Å². The van der Waals surface area contributed by atoms with Crippen LogP contribution < -0.4 is 10.1 Å². The Labute approximate surface area is 192 Å². The van der Waals surface area contributed by atoms with Gasteiger partial charge in [0.05, 0.1) is 11.6 Å². The maximum atomic E-state index is 12.7. The van der Waals surface area contributed by atoms with Gasteiger partial charge in [-0.2, -0.15) is 5.10 Å². The van der Waals surface area contributed by atoms with Crippen LogP contribution in [0.2, 0.25) is 15.1 Å². The summed E-state index contributed by atoms with van der Waals surface area (Å²) in [6, 6.07) is 13.8. The van der Waals surface area contributed by atoms with E-state index in [1.165, 1.54) is 17.2 Å². The molecule has 0 unspecified atom stereocenters. The molecule has 2 aromatic heterocycles. The molecule has 2 aromatic carbocycles. The maximum absolute atomic E-state index is 12.7. The van der Waals surface area contributed by atoms with Gasteiger partial charge in [-0.25, -0.2) is 14.3 Å². The Bertz CT molecular complexity index is 1220. The number of carbonyl (C=O) groups excluding carboxylic acids is 1. The molecule has 0 aliphatic heterocycles. The fourth-order valence-electron chi connectivity index (χ4n) is 2.74. The average molecular weight is 478 g/mol. The minimum Gasteiger partial charge on any atom is -0.470 e. The molecule has 31 heavy (non-hydrogen) atoms. The molecule has 158 valence electrons. The van der Waals surface area contributed by atoms with Crippen molar-refractivity contribution < 1.29 is 9.53 Å². The molecule has 8 nitrogen and oxygen atoms in total. The van der Waals surface area contributed by atoms with E-state index in [1.54, 1.807) is 47.1 Å². The van der Waals surface area contributed by atoms with E-state index in [2.05, 4.69) is 20.5 Å². The molecule has 2 heterocycles. The lowest BCUT2D eigenvalue weighted by Crippen LogP contribution is -2.20. The molecule has 4 rings (SSSR count). The van der Waals surface area contributed by atoms with E-state index in [-0.39, 0.29) is 18.4 Å². The van der Waals surface area contributed by atoms with Gasteiger partial charge in [0.15, 0.2) is 6.73 Å². The number of nitrogens with one attached hydrogen (secondary N) is 1. The highest BCUT2D eigenvalue weighted by Gasteiger charge is 2.15. The molecule has 0 atom stereocenters. The van der Waals surface area contributed by atoms with Crippen molar-refractivity contribution in [2.45, 2.75) is 13.3 Å². The number of aromatic nitrogens is 5. The highest BCUT2D eigenvalue weighted by atomic mass is 35.5. The molecule has 0 aliphatic rings. The van der Waals surface area contributed by atoms with Gasteiger partial charge < -0.3 is 4.74 Å². The van der Waals surface area contributed by atoms with Gasteiger partial charge >= 0.3 is 0 Å². The molecule has 0 radical (unpaired) electrons. The first kappa shape index (κ1) is 21.2. The largest absolute Gasteiger partial charge is 0.470 e. The van der Waals surface area contributed by atoms with Crippen molar-refractivity contribution in [3.8, 4) is 5.75 Å². The number of carbonyl (C=O) groups is 1. The number of benzene rings is 2. The lowest BCUT2D eigenvalue weighted by molar-refractivity contribution is 0.100. The Hall–Kier alpha value is -3.07. The predicted molar refractivity (Wildman–Crippen MR) is 118 cm³/mol. The number of para-hydroxylation sites is 1. The van der Waals surface area contributed by atoms with E-state index in [1.807, 2.05) is 6.07 Å². The first-order chi connectivity index (χ1) is 15.0. The van der Waals surface area contributed by atoms with E-state index in [4.69, 9.17) is 39.5 Å². The lowest BCUT2D eigenvalue weighted by atomic mass is 10.2. The Morgan fingerprint density at radius 1 is 1.06 bits per heavy atom. The number of ether oxygens (including phenoxy) is 1. The fraction of sp³-hybridized carbons (Fsp3) is 0.100. The topological polar surface area (TPSA) is 86.9 Å². The number of nitrogens with zero attached hydrogens (tertiary/aromatic N) is 5. The zero-order chi connectivity index (χ0) is 21.8. The molecule has 1 N–H and O–H groups in total. The van der Waals surface area contributed by atoms with Gasteiger partial charge in [0, 0.05) is 16.2 Å². The third kappa shape index (κ3) is 5.16. The van der Waals surface area contributed by atoms with Gasteiger partial charge in [-0.05, 0) is 35.9 Å². The van der Waals surface area contributed by atoms with Crippen LogP contribution in [0.4, 0.5) is 5.95 Å². The summed E-state index contributed by atoms with van der Waals surface area (Å²) in [4.78, 5) is 16.8. The van der Waals surface area contributed by atoms with Crippen LogP contribution in [0.25, 0.3) is 0 Å². The van der Waals surface area contributed by atoms with Crippen molar-refractivity contribution in [3.63, 3.8) is 0 Å². The Kier molecular flexibility index (Phi) is 6.41. The van der Waals surface area contributed by atoms with Gasteiger partial charge in [0.2, 0.25) is 5.95 Å². The number of hydrogen-bond acceptors (Lipinski definition) is 5. The van der Waals surface area contributed by atoms with E-state index < -0.39 is 5.91 Å². The molecular formula is C20H15Cl3N6O2. The minimum atomic E-state index is -0.428. The van der Waals surface area contributed by atoms with Gasteiger partial charge in [0.1, 0.15) is 17.8 Å². The zero-order valence-corrected chi connectivity index (χ0v) is 18.1. The van der Waals surface area contributed by atoms with Gasteiger partial charge in [-0.15, -0.1) is 5.10 Å². The zero-order valence-electron chi connectivity index (χ0n) is 15.9. The van der Waals surface area contributed by atoms with Crippen molar-refractivity contribution in [1.29, 1.82) is 0 Å². The molecule has 0 fully saturated rings. The van der Waals surface area contributed by atoms with Crippen molar-refractivity contribution in [3.05, 3.63) is 87.4 Å². The van der Waals surface area contributed by atoms with Crippen LogP contribution in [0.15, 0.2) is 61.1 Å². The summed E-state index contributed by atoms with van der Waals surface area (Å²) in [6.07, 6.45) is 3.00. The van der Waals surface area contributed by atoms with Crippen LogP contribution in [0.3, 0.4) is 0 Å².